The number of aldehydes is 1. The van der Waals surface area contributed by atoms with Crippen molar-refractivity contribution < 1.29 is 18.7 Å². The van der Waals surface area contributed by atoms with Crippen molar-refractivity contribution in [3.63, 3.8) is 0 Å². The number of para-hydroxylation sites is 1. The molecule has 134 valence electrons. The van der Waals surface area contributed by atoms with E-state index in [0.29, 0.717) is 17.5 Å². The maximum absolute atomic E-state index is 14.4. The average Bonchev–Trinajstić information content (AvgIpc) is 2.76. The van der Waals surface area contributed by atoms with Crippen LogP contribution in [0.3, 0.4) is 0 Å². The van der Waals surface area contributed by atoms with Crippen molar-refractivity contribution in [2.75, 3.05) is 11.5 Å². The van der Waals surface area contributed by atoms with E-state index in [-0.39, 0.29) is 17.9 Å². The summed E-state index contributed by atoms with van der Waals surface area (Å²) in [5.41, 5.74) is 7.30. The van der Waals surface area contributed by atoms with Crippen molar-refractivity contribution in [1.29, 1.82) is 0 Å². The van der Waals surface area contributed by atoms with Gasteiger partial charge in [-0.25, -0.2) is 4.39 Å². The zero-order valence-electron chi connectivity index (χ0n) is 14.1. The molecule has 1 aliphatic heterocycles. The van der Waals surface area contributed by atoms with Crippen LogP contribution in [0.4, 0.5) is 10.1 Å². The first-order chi connectivity index (χ1) is 12.6. The quantitative estimate of drug-likeness (QED) is 0.830. The molecule has 0 bridgehead atoms. The smallest absolute Gasteiger partial charge is 0.268 e. The number of halogens is 1. The Bertz CT molecular complexity index is 869. The maximum atomic E-state index is 14.4. The van der Waals surface area contributed by atoms with Crippen LogP contribution in [0.25, 0.3) is 0 Å². The lowest BCUT2D eigenvalue weighted by Gasteiger charge is -2.28. The molecule has 2 aromatic carbocycles. The normalized spacial score (nSPS) is 18.0. The summed E-state index contributed by atoms with van der Waals surface area (Å²) in [4.78, 5) is 29.7. The van der Waals surface area contributed by atoms with E-state index in [1.807, 2.05) is 0 Å². The van der Waals surface area contributed by atoms with E-state index in [1.54, 1.807) is 49.4 Å². The molecule has 1 unspecified atom stereocenters. The molecule has 0 aromatic heterocycles. The Labute approximate surface area is 150 Å². The number of carbonyl (C=O) groups excluding carboxylic acids is 2. The van der Waals surface area contributed by atoms with Crippen molar-refractivity contribution in [2.45, 2.75) is 19.3 Å². The van der Waals surface area contributed by atoms with Gasteiger partial charge in [0.25, 0.3) is 5.91 Å². The van der Waals surface area contributed by atoms with E-state index < -0.39 is 24.1 Å². The van der Waals surface area contributed by atoms with Gasteiger partial charge in [0.05, 0.1) is 11.4 Å². The Balaban J connectivity index is 2.23. The van der Waals surface area contributed by atoms with Crippen LogP contribution < -0.4 is 10.6 Å². The number of ether oxygens (including phenoxy) is 1. The Hall–Kier alpha value is -2.90. The molecular weight excluding hydrogens is 337 g/mol. The Morgan fingerprint density at radius 2 is 1.88 bits per heavy atom. The summed E-state index contributed by atoms with van der Waals surface area (Å²) in [6.45, 7) is 1.94. The van der Waals surface area contributed by atoms with Crippen LogP contribution in [0.2, 0.25) is 0 Å². The van der Waals surface area contributed by atoms with Gasteiger partial charge < -0.3 is 10.5 Å². The molecule has 3 rings (SSSR count). The number of hydrogen-bond donors (Lipinski definition) is 1. The molecule has 0 fully saturated rings. The standard InChI is InChI=1S/C19H18FN3O3/c1-2-26-16(11-24)23-15-10-6-4-8-13(15)17(22-18(21)19(23)25)12-7-3-5-9-14(12)20/h3-11,16,18H,2,21H2,1H3/t16?,18-/m0/s1. The summed E-state index contributed by atoms with van der Waals surface area (Å²) in [6.07, 6.45) is -1.91. The van der Waals surface area contributed by atoms with Gasteiger partial charge in [0.15, 0.2) is 18.7 Å². The monoisotopic (exact) mass is 355 g/mol. The second-order valence-electron chi connectivity index (χ2n) is 5.61. The van der Waals surface area contributed by atoms with E-state index in [4.69, 9.17) is 10.5 Å². The number of fused-ring (bicyclic) bond motifs is 1. The van der Waals surface area contributed by atoms with Crippen molar-refractivity contribution in [2.24, 2.45) is 10.7 Å². The van der Waals surface area contributed by atoms with Crippen LogP contribution in [-0.2, 0) is 14.3 Å². The molecular formula is C19H18FN3O3. The molecule has 6 nitrogen and oxygen atoms in total. The zero-order valence-corrected chi connectivity index (χ0v) is 14.1. The molecule has 0 saturated heterocycles. The van der Waals surface area contributed by atoms with Gasteiger partial charge >= 0.3 is 0 Å². The summed E-state index contributed by atoms with van der Waals surface area (Å²) < 4.78 is 19.7. The van der Waals surface area contributed by atoms with Crippen LogP contribution in [0, 0.1) is 5.82 Å². The van der Waals surface area contributed by atoms with E-state index in [0.717, 1.165) is 0 Å². The fourth-order valence-electron chi connectivity index (χ4n) is 2.88. The van der Waals surface area contributed by atoms with Crippen molar-refractivity contribution >= 4 is 23.6 Å². The summed E-state index contributed by atoms with van der Waals surface area (Å²) >= 11 is 0. The average molecular weight is 355 g/mol. The second-order valence-corrected chi connectivity index (χ2v) is 5.61. The first kappa shape index (κ1) is 17.9. The molecule has 2 N–H and O–H groups in total. The van der Waals surface area contributed by atoms with Crippen LogP contribution in [-0.4, -0.2) is 36.9 Å². The highest BCUT2D eigenvalue weighted by molar-refractivity contribution is 6.20. The fourth-order valence-corrected chi connectivity index (χ4v) is 2.88. The highest BCUT2D eigenvalue weighted by Gasteiger charge is 2.35. The fraction of sp³-hybridized carbons (Fsp3) is 0.211. The Morgan fingerprint density at radius 3 is 2.54 bits per heavy atom. The predicted octanol–water partition coefficient (Wildman–Crippen LogP) is 1.86. The summed E-state index contributed by atoms with van der Waals surface area (Å²) in [6, 6.07) is 12.9. The molecule has 2 aromatic rings. The molecule has 1 amide bonds. The largest absolute Gasteiger partial charge is 0.351 e. The van der Waals surface area contributed by atoms with Crippen LogP contribution in [0.5, 0.6) is 0 Å². The third-order valence-electron chi connectivity index (χ3n) is 4.01. The molecule has 0 saturated carbocycles. The molecule has 7 heteroatoms. The molecule has 1 aliphatic rings. The summed E-state index contributed by atoms with van der Waals surface area (Å²) in [5.74, 6) is -1.08. The molecule has 0 radical (unpaired) electrons. The second kappa shape index (κ2) is 7.55. The number of benzene rings is 2. The van der Waals surface area contributed by atoms with Crippen molar-refractivity contribution in [3.05, 3.63) is 65.5 Å². The van der Waals surface area contributed by atoms with Gasteiger partial charge in [0, 0.05) is 17.7 Å². The molecule has 1 heterocycles. The first-order valence-corrected chi connectivity index (χ1v) is 8.16. The number of anilines is 1. The Morgan fingerprint density at radius 1 is 1.23 bits per heavy atom. The van der Waals surface area contributed by atoms with Gasteiger partial charge in [-0.2, -0.15) is 0 Å². The highest BCUT2D eigenvalue weighted by atomic mass is 19.1. The minimum Gasteiger partial charge on any atom is -0.351 e. The van der Waals surface area contributed by atoms with Crippen molar-refractivity contribution in [3.8, 4) is 0 Å². The molecule has 0 spiro atoms. The molecule has 26 heavy (non-hydrogen) atoms. The Kier molecular flexibility index (Phi) is 5.20. The number of nitrogens with zero attached hydrogens (tertiary/aromatic N) is 2. The van der Waals surface area contributed by atoms with E-state index in [2.05, 4.69) is 4.99 Å². The highest BCUT2D eigenvalue weighted by Crippen LogP contribution is 2.30. The lowest BCUT2D eigenvalue weighted by Crippen LogP contribution is -2.49. The summed E-state index contributed by atoms with van der Waals surface area (Å²) in [5, 5.41) is 0. The number of hydrogen-bond acceptors (Lipinski definition) is 5. The number of rotatable bonds is 5. The SMILES string of the molecule is CCOC(C=O)N1C(=O)[C@@H](N)N=C(c2ccccc2F)c2ccccc21. The minimum atomic E-state index is -1.29. The van der Waals surface area contributed by atoms with Gasteiger partial charge in [-0.05, 0) is 25.1 Å². The van der Waals surface area contributed by atoms with E-state index in [1.165, 1.54) is 11.0 Å². The van der Waals surface area contributed by atoms with Crippen LogP contribution >= 0.6 is 0 Å². The number of aliphatic imine (C=N–C) groups is 1. The van der Waals surface area contributed by atoms with Gasteiger partial charge in [-0.15, -0.1) is 0 Å². The van der Waals surface area contributed by atoms with Gasteiger partial charge in [0.1, 0.15) is 5.82 Å². The molecule has 2 atom stereocenters. The lowest BCUT2D eigenvalue weighted by molar-refractivity contribution is -0.127. The topological polar surface area (TPSA) is 85.0 Å². The number of nitrogens with two attached hydrogens (primary N) is 1. The van der Waals surface area contributed by atoms with E-state index in [9.17, 15) is 14.0 Å². The number of amides is 1. The lowest BCUT2D eigenvalue weighted by atomic mass is 9.99. The van der Waals surface area contributed by atoms with Crippen LogP contribution in [0.15, 0.2) is 53.5 Å². The number of benzodiazepines with no additional fused rings is 1. The van der Waals surface area contributed by atoms with Gasteiger partial charge in [-0.1, -0.05) is 30.3 Å². The van der Waals surface area contributed by atoms with E-state index >= 15 is 0 Å². The summed E-state index contributed by atoms with van der Waals surface area (Å²) in [7, 11) is 0. The van der Waals surface area contributed by atoms with Crippen molar-refractivity contribution in [1.82, 2.24) is 0 Å². The van der Waals surface area contributed by atoms with Gasteiger partial charge in [-0.3, -0.25) is 19.5 Å². The number of carbonyl (C=O) groups is 2. The van der Waals surface area contributed by atoms with Gasteiger partial charge in [0.2, 0.25) is 0 Å². The van der Waals surface area contributed by atoms with Crippen LogP contribution in [0.1, 0.15) is 18.1 Å². The maximum Gasteiger partial charge on any atom is 0.268 e. The first-order valence-electron chi connectivity index (χ1n) is 8.16. The third kappa shape index (κ3) is 3.14. The minimum absolute atomic E-state index is 0.226. The molecule has 0 aliphatic carbocycles. The third-order valence-corrected chi connectivity index (χ3v) is 4.01. The predicted molar refractivity (Wildman–Crippen MR) is 95.4 cm³/mol. The zero-order chi connectivity index (χ0) is 18.7.